The molecule has 1 fully saturated rings. The number of fused-ring (bicyclic) bond motifs is 1. The van der Waals surface area contributed by atoms with Crippen LogP contribution in [0.1, 0.15) is 36.3 Å². The first kappa shape index (κ1) is 19.6. The predicted octanol–water partition coefficient (Wildman–Crippen LogP) is 3.19. The molecule has 0 radical (unpaired) electrons. The van der Waals surface area contributed by atoms with E-state index in [1.165, 1.54) is 0 Å². The number of ether oxygens (including phenoxy) is 2. The van der Waals surface area contributed by atoms with Crippen molar-refractivity contribution >= 4 is 22.5 Å². The summed E-state index contributed by atoms with van der Waals surface area (Å²) in [4.78, 5) is 20.2. The second kappa shape index (κ2) is 7.71. The third kappa shape index (κ3) is 3.33. The van der Waals surface area contributed by atoms with Crippen molar-refractivity contribution in [2.24, 2.45) is 5.73 Å². The highest BCUT2D eigenvalue weighted by atomic mass is 16.5. The average Bonchev–Trinajstić information content (AvgIpc) is 2.78. The zero-order valence-corrected chi connectivity index (χ0v) is 17.5. The summed E-state index contributed by atoms with van der Waals surface area (Å²) in [6.45, 7) is 4.64. The number of morpholine rings is 1. The minimum absolute atomic E-state index is 0.0174. The third-order valence-corrected chi connectivity index (χ3v) is 6.21. The van der Waals surface area contributed by atoms with Crippen molar-refractivity contribution in [2.45, 2.75) is 32.1 Å². The smallest absolute Gasteiger partial charge is 0.205 e. The molecule has 0 bridgehead atoms. The van der Waals surface area contributed by atoms with Crippen LogP contribution in [0.15, 0.2) is 47.1 Å². The Morgan fingerprint density at radius 1 is 1.23 bits per heavy atom. The first-order chi connectivity index (χ1) is 15.1. The van der Waals surface area contributed by atoms with E-state index in [4.69, 9.17) is 20.2 Å². The molecule has 7 heteroatoms. The molecule has 3 heterocycles. The van der Waals surface area contributed by atoms with E-state index in [0.717, 1.165) is 34.3 Å². The summed E-state index contributed by atoms with van der Waals surface area (Å²) < 4.78 is 11.3. The number of hydrogen-bond donors (Lipinski definition) is 1. The highest BCUT2D eigenvalue weighted by molar-refractivity contribution is 6.00. The third-order valence-electron chi connectivity index (χ3n) is 6.21. The van der Waals surface area contributed by atoms with Crippen molar-refractivity contribution < 1.29 is 14.3 Å². The highest BCUT2D eigenvalue weighted by Crippen LogP contribution is 2.46. The molecule has 2 N–H and O–H groups in total. The van der Waals surface area contributed by atoms with Gasteiger partial charge in [-0.05, 0) is 31.5 Å². The normalized spacial score (nSPS) is 21.7. The molecule has 0 amide bonds. The SMILES string of the molecule is Cc1ccc2nc(N3CCOCC3)c(C3C(C#N)=C(N)OC4=C3C(=O)CCC4)cc2c1. The van der Waals surface area contributed by atoms with Crippen molar-refractivity contribution in [2.75, 3.05) is 31.2 Å². The Morgan fingerprint density at radius 2 is 2.03 bits per heavy atom. The fourth-order valence-electron chi connectivity index (χ4n) is 4.71. The standard InChI is InChI=1S/C24H24N4O3/c1-14-5-6-18-15(11-14)12-16(24(27-18)28-7-9-30-10-8-28)21-17(13-25)23(26)31-20-4-2-3-19(29)22(20)21/h5-6,11-12,21H,2-4,7-10,26H2,1H3. The summed E-state index contributed by atoms with van der Waals surface area (Å²) in [6.07, 6.45) is 1.82. The molecule has 1 aromatic heterocycles. The topological polar surface area (TPSA) is 101 Å². The van der Waals surface area contributed by atoms with Crippen molar-refractivity contribution in [3.8, 4) is 6.07 Å². The number of hydrogen-bond acceptors (Lipinski definition) is 7. The molecule has 158 valence electrons. The number of nitrogens with two attached hydrogens (primary N) is 1. The second-order valence-electron chi connectivity index (χ2n) is 8.24. The average molecular weight is 416 g/mol. The van der Waals surface area contributed by atoms with Crippen LogP contribution in [0.3, 0.4) is 0 Å². The number of pyridine rings is 1. The summed E-state index contributed by atoms with van der Waals surface area (Å²) in [5.74, 6) is 0.895. The van der Waals surface area contributed by atoms with E-state index in [1.54, 1.807) is 0 Å². The number of allylic oxidation sites excluding steroid dienone is 3. The number of benzene rings is 1. The second-order valence-corrected chi connectivity index (χ2v) is 8.24. The van der Waals surface area contributed by atoms with Gasteiger partial charge < -0.3 is 20.1 Å². The molecule has 1 unspecified atom stereocenters. The lowest BCUT2D eigenvalue weighted by Crippen LogP contribution is -2.38. The largest absolute Gasteiger partial charge is 0.444 e. The summed E-state index contributed by atoms with van der Waals surface area (Å²) in [5.41, 5.74) is 9.82. The van der Waals surface area contributed by atoms with Crippen LogP contribution in [0, 0.1) is 18.3 Å². The van der Waals surface area contributed by atoms with Crippen LogP contribution in [0.4, 0.5) is 5.82 Å². The fourth-order valence-corrected chi connectivity index (χ4v) is 4.71. The number of nitrogens with zero attached hydrogens (tertiary/aromatic N) is 3. The lowest BCUT2D eigenvalue weighted by molar-refractivity contribution is -0.116. The van der Waals surface area contributed by atoms with Gasteiger partial charge in [0.05, 0.1) is 24.6 Å². The van der Waals surface area contributed by atoms with Gasteiger partial charge in [0, 0.05) is 42.5 Å². The van der Waals surface area contributed by atoms with E-state index in [9.17, 15) is 10.1 Å². The molecule has 0 spiro atoms. The van der Waals surface area contributed by atoms with Crippen LogP contribution in [0.5, 0.6) is 0 Å². The lowest BCUT2D eigenvalue weighted by atomic mass is 9.77. The maximum Gasteiger partial charge on any atom is 0.205 e. The van der Waals surface area contributed by atoms with E-state index >= 15 is 0 Å². The Labute approximate surface area is 180 Å². The molecule has 7 nitrogen and oxygen atoms in total. The molecule has 0 saturated carbocycles. The summed E-state index contributed by atoms with van der Waals surface area (Å²) in [6, 6.07) is 10.4. The molecule has 1 saturated heterocycles. The molecule has 3 aliphatic rings. The number of ketones is 1. The molecule has 2 aliphatic heterocycles. The Morgan fingerprint density at radius 3 is 2.81 bits per heavy atom. The molecule has 1 aliphatic carbocycles. The molecule has 5 rings (SSSR count). The summed E-state index contributed by atoms with van der Waals surface area (Å²) in [7, 11) is 0. The monoisotopic (exact) mass is 416 g/mol. The minimum atomic E-state index is -0.572. The Balaban J connectivity index is 1.78. The number of rotatable bonds is 2. The quantitative estimate of drug-likeness (QED) is 0.802. The number of aryl methyl sites for hydroxylation is 1. The van der Waals surface area contributed by atoms with Crippen LogP contribution in [0.2, 0.25) is 0 Å². The van der Waals surface area contributed by atoms with Crippen molar-refractivity contribution in [1.82, 2.24) is 4.98 Å². The van der Waals surface area contributed by atoms with E-state index in [0.29, 0.717) is 50.5 Å². The Hall–Kier alpha value is -3.37. The van der Waals surface area contributed by atoms with Crippen LogP contribution in [0.25, 0.3) is 10.9 Å². The first-order valence-corrected chi connectivity index (χ1v) is 10.6. The van der Waals surface area contributed by atoms with Gasteiger partial charge >= 0.3 is 0 Å². The van der Waals surface area contributed by atoms with Crippen molar-refractivity contribution in [3.63, 3.8) is 0 Å². The van der Waals surface area contributed by atoms with Gasteiger partial charge in [-0.2, -0.15) is 5.26 Å². The highest BCUT2D eigenvalue weighted by Gasteiger charge is 2.40. The van der Waals surface area contributed by atoms with Crippen LogP contribution in [-0.4, -0.2) is 37.1 Å². The molecule has 1 aromatic carbocycles. The number of anilines is 1. The Bertz CT molecular complexity index is 1190. The zero-order valence-electron chi connectivity index (χ0n) is 17.5. The van der Waals surface area contributed by atoms with Crippen LogP contribution < -0.4 is 10.6 Å². The molecule has 31 heavy (non-hydrogen) atoms. The van der Waals surface area contributed by atoms with Gasteiger partial charge in [-0.15, -0.1) is 0 Å². The molecule has 1 atom stereocenters. The number of Topliss-reactive ketones (excluding diaryl/α,β-unsaturated/α-hetero) is 1. The van der Waals surface area contributed by atoms with Gasteiger partial charge in [0.1, 0.15) is 23.2 Å². The van der Waals surface area contributed by atoms with Gasteiger partial charge in [-0.3, -0.25) is 4.79 Å². The van der Waals surface area contributed by atoms with Crippen LogP contribution >= 0.6 is 0 Å². The Kier molecular flexibility index (Phi) is 4.87. The van der Waals surface area contributed by atoms with Crippen molar-refractivity contribution in [1.29, 1.82) is 5.26 Å². The summed E-state index contributed by atoms with van der Waals surface area (Å²) >= 11 is 0. The summed E-state index contributed by atoms with van der Waals surface area (Å²) in [5, 5.41) is 10.9. The van der Waals surface area contributed by atoms with Gasteiger partial charge in [-0.1, -0.05) is 11.6 Å². The maximum absolute atomic E-state index is 13.0. The maximum atomic E-state index is 13.0. The van der Waals surface area contributed by atoms with E-state index in [1.807, 2.05) is 19.1 Å². The predicted molar refractivity (Wildman–Crippen MR) is 116 cm³/mol. The van der Waals surface area contributed by atoms with Gasteiger partial charge in [0.15, 0.2) is 5.78 Å². The molecular formula is C24H24N4O3. The zero-order chi connectivity index (χ0) is 21.5. The first-order valence-electron chi connectivity index (χ1n) is 10.6. The number of aromatic nitrogens is 1. The lowest BCUT2D eigenvalue weighted by Gasteiger charge is -2.35. The fraction of sp³-hybridized carbons (Fsp3) is 0.375. The van der Waals surface area contributed by atoms with E-state index in [-0.39, 0.29) is 17.2 Å². The molecular weight excluding hydrogens is 392 g/mol. The minimum Gasteiger partial charge on any atom is -0.444 e. The van der Waals surface area contributed by atoms with E-state index < -0.39 is 5.92 Å². The van der Waals surface area contributed by atoms with E-state index in [2.05, 4.69) is 23.1 Å². The molecule has 2 aromatic rings. The number of nitriles is 1. The number of carbonyl (C=O) groups excluding carboxylic acids is 1. The van der Waals surface area contributed by atoms with Crippen molar-refractivity contribution in [3.05, 3.63) is 58.2 Å². The van der Waals surface area contributed by atoms with Gasteiger partial charge in [0.25, 0.3) is 0 Å². The van der Waals surface area contributed by atoms with Gasteiger partial charge in [0.2, 0.25) is 5.88 Å². The van der Waals surface area contributed by atoms with Crippen LogP contribution in [-0.2, 0) is 14.3 Å². The number of carbonyl (C=O) groups is 1. The van der Waals surface area contributed by atoms with Gasteiger partial charge in [-0.25, -0.2) is 4.98 Å².